The van der Waals surface area contributed by atoms with E-state index >= 15 is 0 Å². The van der Waals surface area contributed by atoms with Crippen LogP contribution in [0.2, 0.25) is 5.02 Å². The number of rotatable bonds is 7. The summed E-state index contributed by atoms with van der Waals surface area (Å²) in [6, 6.07) is 4.54. The van der Waals surface area contributed by atoms with Gasteiger partial charge >= 0.3 is 0 Å². The van der Waals surface area contributed by atoms with E-state index in [-0.39, 0.29) is 5.82 Å². The third-order valence-electron chi connectivity index (χ3n) is 2.06. The lowest BCUT2D eigenvalue weighted by Gasteiger charge is -2.06. The van der Waals surface area contributed by atoms with Gasteiger partial charge in [0, 0.05) is 17.1 Å². The number of benzene rings is 1. The molecule has 4 heteroatoms. The van der Waals surface area contributed by atoms with Crippen LogP contribution in [0.15, 0.2) is 31.0 Å². The van der Waals surface area contributed by atoms with Crippen molar-refractivity contribution in [2.24, 2.45) is 0 Å². The third-order valence-corrected chi connectivity index (χ3v) is 2.29. The summed E-state index contributed by atoms with van der Waals surface area (Å²) in [5.74, 6) is -0.237. The van der Waals surface area contributed by atoms with Gasteiger partial charge in [-0.3, -0.25) is 0 Å². The van der Waals surface area contributed by atoms with Gasteiger partial charge in [0.05, 0.1) is 12.9 Å². The first-order chi connectivity index (χ1) is 7.74. The molecule has 0 saturated heterocycles. The van der Waals surface area contributed by atoms with E-state index in [1.54, 1.807) is 6.07 Å². The van der Waals surface area contributed by atoms with E-state index in [0.29, 0.717) is 23.7 Å². The van der Waals surface area contributed by atoms with E-state index in [1.165, 1.54) is 18.4 Å². The van der Waals surface area contributed by atoms with E-state index in [0.717, 1.165) is 13.0 Å². The Morgan fingerprint density at radius 2 is 2.31 bits per heavy atom. The highest BCUT2D eigenvalue weighted by molar-refractivity contribution is 6.30. The monoisotopic (exact) mass is 243 g/mol. The third kappa shape index (κ3) is 4.64. The van der Waals surface area contributed by atoms with E-state index in [1.807, 2.05) is 0 Å². The molecule has 0 heterocycles. The topological polar surface area (TPSA) is 21.3 Å². The van der Waals surface area contributed by atoms with Crippen molar-refractivity contribution in [2.75, 3.05) is 13.2 Å². The van der Waals surface area contributed by atoms with Crippen molar-refractivity contribution in [2.45, 2.75) is 13.0 Å². The molecule has 1 aromatic rings. The first-order valence-corrected chi connectivity index (χ1v) is 5.49. The van der Waals surface area contributed by atoms with Crippen LogP contribution in [0.4, 0.5) is 4.39 Å². The predicted molar refractivity (Wildman–Crippen MR) is 63.9 cm³/mol. The van der Waals surface area contributed by atoms with Crippen LogP contribution in [-0.2, 0) is 11.3 Å². The largest absolute Gasteiger partial charge is 0.502 e. The minimum atomic E-state index is -0.237. The number of hydrogen-bond acceptors (Lipinski definition) is 2. The summed E-state index contributed by atoms with van der Waals surface area (Å²) in [6.07, 6.45) is 2.27. The highest BCUT2D eigenvalue weighted by Crippen LogP contribution is 2.14. The lowest BCUT2D eigenvalue weighted by Crippen LogP contribution is -2.16. The summed E-state index contributed by atoms with van der Waals surface area (Å²) in [4.78, 5) is 0. The molecule has 0 aliphatic rings. The van der Waals surface area contributed by atoms with E-state index < -0.39 is 0 Å². The summed E-state index contributed by atoms with van der Waals surface area (Å²) in [5, 5.41) is 3.66. The molecule has 0 amide bonds. The Morgan fingerprint density at radius 1 is 1.50 bits per heavy atom. The molecule has 0 fully saturated rings. The van der Waals surface area contributed by atoms with Gasteiger partial charge < -0.3 is 10.1 Å². The van der Waals surface area contributed by atoms with Crippen molar-refractivity contribution < 1.29 is 9.13 Å². The normalized spacial score (nSPS) is 10.1. The van der Waals surface area contributed by atoms with Gasteiger partial charge in [-0.25, -0.2) is 4.39 Å². The summed E-state index contributed by atoms with van der Waals surface area (Å²) in [6.45, 7) is 5.30. The Hall–Kier alpha value is -1.06. The SMILES string of the molecule is C=COCCCNCc1cc(Cl)ccc1F. The summed E-state index contributed by atoms with van der Waals surface area (Å²) < 4.78 is 18.2. The molecule has 0 saturated carbocycles. The molecule has 1 aromatic carbocycles. The molecule has 0 aliphatic heterocycles. The van der Waals surface area contributed by atoms with E-state index in [2.05, 4.69) is 11.9 Å². The molecule has 0 bridgehead atoms. The molecule has 0 aromatic heterocycles. The first-order valence-electron chi connectivity index (χ1n) is 5.11. The first kappa shape index (κ1) is 13.0. The van der Waals surface area contributed by atoms with Crippen LogP contribution in [-0.4, -0.2) is 13.2 Å². The Kier molecular flexibility index (Phi) is 5.90. The molecular formula is C12H15ClFNO. The lowest BCUT2D eigenvalue weighted by molar-refractivity contribution is 0.244. The fourth-order valence-electron chi connectivity index (χ4n) is 1.27. The zero-order valence-corrected chi connectivity index (χ0v) is 9.77. The molecule has 1 rings (SSSR count). The van der Waals surface area contributed by atoms with Crippen molar-refractivity contribution in [1.29, 1.82) is 0 Å². The van der Waals surface area contributed by atoms with Crippen LogP contribution in [0.25, 0.3) is 0 Å². The standard InChI is InChI=1S/C12H15ClFNO/c1-2-16-7-3-6-15-9-10-8-11(13)4-5-12(10)14/h2,4-5,8,15H,1,3,6-7,9H2. The van der Waals surface area contributed by atoms with Crippen molar-refractivity contribution in [1.82, 2.24) is 5.32 Å². The Labute approximate surface area is 100 Å². The van der Waals surface area contributed by atoms with Gasteiger partial charge in [0.25, 0.3) is 0 Å². The van der Waals surface area contributed by atoms with Gasteiger partial charge in [0.2, 0.25) is 0 Å². The van der Waals surface area contributed by atoms with Gasteiger partial charge in [-0.1, -0.05) is 18.2 Å². The number of hydrogen-bond donors (Lipinski definition) is 1. The Bertz CT molecular complexity index is 344. The zero-order valence-electron chi connectivity index (χ0n) is 9.01. The molecule has 0 spiro atoms. The maximum Gasteiger partial charge on any atom is 0.127 e. The van der Waals surface area contributed by atoms with Crippen LogP contribution >= 0.6 is 11.6 Å². The fraction of sp³-hybridized carbons (Fsp3) is 0.333. The minimum Gasteiger partial charge on any atom is -0.502 e. The highest BCUT2D eigenvalue weighted by Gasteiger charge is 2.01. The quantitative estimate of drug-likeness (QED) is 0.587. The van der Waals surface area contributed by atoms with Gasteiger partial charge in [-0.2, -0.15) is 0 Å². The predicted octanol–water partition coefficient (Wildman–Crippen LogP) is 3.12. The van der Waals surface area contributed by atoms with Crippen LogP contribution in [0, 0.1) is 5.82 Å². The zero-order chi connectivity index (χ0) is 11.8. The maximum atomic E-state index is 13.3. The van der Waals surface area contributed by atoms with Gasteiger partial charge in [0.1, 0.15) is 5.82 Å². The lowest BCUT2D eigenvalue weighted by atomic mass is 10.2. The average Bonchev–Trinajstić information content (AvgIpc) is 2.28. The molecule has 0 aliphatic carbocycles. The van der Waals surface area contributed by atoms with Crippen LogP contribution in [0.3, 0.4) is 0 Å². The molecule has 16 heavy (non-hydrogen) atoms. The molecule has 0 radical (unpaired) electrons. The Morgan fingerprint density at radius 3 is 3.06 bits per heavy atom. The number of ether oxygens (including phenoxy) is 1. The second-order valence-corrected chi connectivity index (χ2v) is 3.74. The summed E-state index contributed by atoms with van der Waals surface area (Å²) in [7, 11) is 0. The van der Waals surface area contributed by atoms with Crippen molar-refractivity contribution in [3.05, 3.63) is 47.4 Å². The molecular weight excluding hydrogens is 229 g/mol. The smallest absolute Gasteiger partial charge is 0.127 e. The maximum absolute atomic E-state index is 13.3. The second-order valence-electron chi connectivity index (χ2n) is 3.30. The Balaban J connectivity index is 2.26. The molecule has 1 N–H and O–H groups in total. The molecule has 0 unspecified atom stereocenters. The molecule has 0 atom stereocenters. The second kappa shape index (κ2) is 7.25. The fourth-order valence-corrected chi connectivity index (χ4v) is 1.46. The van der Waals surface area contributed by atoms with Crippen molar-refractivity contribution in [3.63, 3.8) is 0 Å². The number of halogens is 2. The van der Waals surface area contributed by atoms with E-state index in [9.17, 15) is 4.39 Å². The van der Waals surface area contributed by atoms with Crippen LogP contribution in [0.1, 0.15) is 12.0 Å². The van der Waals surface area contributed by atoms with Crippen molar-refractivity contribution >= 4 is 11.6 Å². The van der Waals surface area contributed by atoms with Gasteiger partial charge in [-0.05, 0) is 31.2 Å². The highest BCUT2D eigenvalue weighted by atomic mass is 35.5. The average molecular weight is 244 g/mol. The van der Waals surface area contributed by atoms with Crippen molar-refractivity contribution in [3.8, 4) is 0 Å². The van der Waals surface area contributed by atoms with Crippen LogP contribution < -0.4 is 5.32 Å². The van der Waals surface area contributed by atoms with Gasteiger partial charge in [-0.15, -0.1) is 0 Å². The minimum absolute atomic E-state index is 0.237. The summed E-state index contributed by atoms with van der Waals surface area (Å²) >= 11 is 5.77. The molecule has 2 nitrogen and oxygen atoms in total. The molecule has 88 valence electrons. The van der Waals surface area contributed by atoms with Gasteiger partial charge in [0.15, 0.2) is 0 Å². The van der Waals surface area contributed by atoms with Crippen LogP contribution in [0.5, 0.6) is 0 Å². The number of nitrogens with one attached hydrogen (secondary N) is 1. The van der Waals surface area contributed by atoms with E-state index in [4.69, 9.17) is 16.3 Å². The summed E-state index contributed by atoms with van der Waals surface area (Å²) in [5.41, 5.74) is 0.581.